The van der Waals surface area contributed by atoms with Gasteiger partial charge in [-0.15, -0.1) is 0 Å². The molecule has 1 aromatic carbocycles. The summed E-state index contributed by atoms with van der Waals surface area (Å²) < 4.78 is 13.6. The summed E-state index contributed by atoms with van der Waals surface area (Å²) >= 11 is 0. The first-order valence-electron chi connectivity index (χ1n) is 6.88. The Labute approximate surface area is 117 Å². The zero-order chi connectivity index (χ0) is 14.5. The Hall–Kier alpha value is -1.75. The molecule has 1 fully saturated rings. The van der Waals surface area contributed by atoms with Gasteiger partial charge in [0.1, 0.15) is 5.82 Å². The summed E-state index contributed by atoms with van der Waals surface area (Å²) in [5.74, 6) is -1.29. The fraction of sp³-hybridized carbons (Fsp3) is 0.467. The van der Waals surface area contributed by atoms with Gasteiger partial charge in [-0.05, 0) is 25.0 Å². The molecular weight excluding hydrogens is 259 g/mol. The lowest BCUT2D eigenvalue weighted by molar-refractivity contribution is -0.119. The van der Waals surface area contributed by atoms with Gasteiger partial charge in [-0.2, -0.15) is 0 Å². The van der Waals surface area contributed by atoms with E-state index in [9.17, 15) is 14.0 Å². The fourth-order valence-electron chi connectivity index (χ4n) is 2.74. The highest BCUT2D eigenvalue weighted by Crippen LogP contribution is 2.23. The van der Waals surface area contributed by atoms with Crippen LogP contribution in [-0.4, -0.2) is 35.7 Å². The monoisotopic (exact) mass is 278 g/mol. The lowest BCUT2D eigenvalue weighted by Crippen LogP contribution is -2.43. The van der Waals surface area contributed by atoms with Gasteiger partial charge in [0.25, 0.3) is 0 Å². The predicted octanol–water partition coefficient (Wildman–Crippen LogP) is 1.74. The van der Waals surface area contributed by atoms with E-state index < -0.39 is 11.7 Å². The average Bonchev–Trinajstić information content (AvgIpc) is 2.91. The Kier molecular flexibility index (Phi) is 4.84. The maximum Gasteiger partial charge on any atom is 0.231 e. The molecule has 0 aliphatic heterocycles. The van der Waals surface area contributed by atoms with Crippen LogP contribution in [0.3, 0.4) is 0 Å². The number of nitrogens with two attached hydrogens (primary N) is 1. The summed E-state index contributed by atoms with van der Waals surface area (Å²) in [6.45, 7) is 0.0827. The van der Waals surface area contributed by atoms with Crippen LogP contribution in [0.5, 0.6) is 0 Å². The van der Waals surface area contributed by atoms with Crippen molar-refractivity contribution in [3.05, 3.63) is 35.6 Å². The minimum Gasteiger partial charge on any atom is -0.369 e. The lowest BCUT2D eigenvalue weighted by Gasteiger charge is -2.26. The number of carbonyl (C=O) groups excluding carboxylic acids is 2. The molecule has 0 spiro atoms. The topological polar surface area (TPSA) is 63.4 Å². The van der Waals surface area contributed by atoms with Gasteiger partial charge in [0.15, 0.2) is 5.78 Å². The Bertz CT molecular complexity index is 498. The van der Waals surface area contributed by atoms with Gasteiger partial charge in [-0.1, -0.05) is 25.0 Å². The molecule has 108 valence electrons. The minimum atomic E-state index is -0.525. The fourth-order valence-corrected chi connectivity index (χ4v) is 2.74. The lowest BCUT2D eigenvalue weighted by atomic mass is 10.1. The maximum atomic E-state index is 13.6. The van der Waals surface area contributed by atoms with Crippen LogP contribution in [0.15, 0.2) is 24.3 Å². The number of carbonyl (C=O) groups is 2. The number of amides is 1. The number of Topliss-reactive ketones (excluding diaryl/α,β-unsaturated/α-hetero) is 1. The van der Waals surface area contributed by atoms with Crippen LogP contribution < -0.4 is 5.73 Å². The Morgan fingerprint density at radius 2 is 1.85 bits per heavy atom. The summed E-state index contributed by atoms with van der Waals surface area (Å²) in [6.07, 6.45) is 4.09. The Balaban J connectivity index is 2.08. The number of ketones is 1. The van der Waals surface area contributed by atoms with Crippen LogP contribution in [0.1, 0.15) is 36.0 Å². The van der Waals surface area contributed by atoms with Crippen LogP contribution >= 0.6 is 0 Å². The smallest absolute Gasteiger partial charge is 0.231 e. The van der Waals surface area contributed by atoms with E-state index in [0.29, 0.717) is 0 Å². The van der Waals surface area contributed by atoms with Crippen molar-refractivity contribution in [3.63, 3.8) is 0 Å². The van der Waals surface area contributed by atoms with Crippen LogP contribution in [-0.2, 0) is 4.79 Å². The molecule has 1 aromatic rings. The molecule has 2 rings (SSSR count). The number of nitrogens with zero attached hydrogens (tertiary/aromatic N) is 1. The van der Waals surface area contributed by atoms with Crippen molar-refractivity contribution < 1.29 is 14.0 Å². The van der Waals surface area contributed by atoms with Crippen molar-refractivity contribution in [3.8, 4) is 0 Å². The normalized spacial score (nSPS) is 15.7. The summed E-state index contributed by atoms with van der Waals surface area (Å²) in [7, 11) is 0. The van der Waals surface area contributed by atoms with E-state index in [-0.39, 0.29) is 30.5 Å². The van der Waals surface area contributed by atoms with Crippen molar-refractivity contribution in [2.45, 2.75) is 31.7 Å². The second-order valence-electron chi connectivity index (χ2n) is 5.21. The zero-order valence-electron chi connectivity index (χ0n) is 11.3. The van der Waals surface area contributed by atoms with Crippen molar-refractivity contribution in [1.82, 2.24) is 4.90 Å². The van der Waals surface area contributed by atoms with Crippen molar-refractivity contribution in [2.24, 2.45) is 5.73 Å². The molecule has 4 nitrogen and oxygen atoms in total. The Morgan fingerprint density at radius 1 is 1.20 bits per heavy atom. The van der Waals surface area contributed by atoms with E-state index in [1.807, 2.05) is 0 Å². The first-order chi connectivity index (χ1) is 9.58. The van der Waals surface area contributed by atoms with Crippen molar-refractivity contribution in [2.75, 3.05) is 13.1 Å². The summed E-state index contributed by atoms with van der Waals surface area (Å²) in [6, 6.07) is 6.10. The molecule has 1 saturated carbocycles. The number of primary amides is 1. The number of rotatable bonds is 6. The summed E-state index contributed by atoms with van der Waals surface area (Å²) in [5, 5.41) is 0. The van der Waals surface area contributed by atoms with Gasteiger partial charge < -0.3 is 5.73 Å². The van der Waals surface area contributed by atoms with Gasteiger partial charge in [-0.3, -0.25) is 14.5 Å². The third-order valence-electron chi connectivity index (χ3n) is 3.72. The maximum absolute atomic E-state index is 13.6. The predicted molar refractivity (Wildman–Crippen MR) is 73.8 cm³/mol. The second kappa shape index (κ2) is 6.61. The first-order valence-corrected chi connectivity index (χ1v) is 6.88. The molecule has 2 N–H and O–H groups in total. The molecule has 0 aromatic heterocycles. The molecule has 1 aliphatic rings. The summed E-state index contributed by atoms with van der Waals surface area (Å²) in [4.78, 5) is 25.1. The van der Waals surface area contributed by atoms with E-state index in [2.05, 4.69) is 0 Å². The molecule has 0 heterocycles. The highest BCUT2D eigenvalue weighted by molar-refractivity contribution is 5.98. The SMILES string of the molecule is NC(=O)CN(CC(=O)c1ccccc1F)C1CCCC1. The van der Waals surface area contributed by atoms with E-state index in [0.717, 1.165) is 25.7 Å². The number of halogens is 1. The highest BCUT2D eigenvalue weighted by Gasteiger charge is 2.26. The van der Waals surface area contributed by atoms with Crippen molar-refractivity contribution in [1.29, 1.82) is 0 Å². The van der Waals surface area contributed by atoms with E-state index in [1.54, 1.807) is 17.0 Å². The van der Waals surface area contributed by atoms with E-state index in [4.69, 9.17) is 5.73 Å². The largest absolute Gasteiger partial charge is 0.369 e. The third kappa shape index (κ3) is 3.63. The van der Waals surface area contributed by atoms with Crippen LogP contribution in [0.25, 0.3) is 0 Å². The summed E-state index contributed by atoms with van der Waals surface area (Å²) in [5.41, 5.74) is 5.31. The highest BCUT2D eigenvalue weighted by atomic mass is 19.1. The van der Waals surface area contributed by atoms with E-state index >= 15 is 0 Å². The molecule has 0 radical (unpaired) electrons. The molecule has 0 atom stereocenters. The minimum absolute atomic E-state index is 0.0362. The van der Waals surface area contributed by atoms with Gasteiger partial charge in [0.2, 0.25) is 5.91 Å². The van der Waals surface area contributed by atoms with Crippen LogP contribution in [0, 0.1) is 5.82 Å². The molecular formula is C15H19FN2O2. The van der Waals surface area contributed by atoms with Gasteiger partial charge >= 0.3 is 0 Å². The molecule has 1 amide bonds. The number of hydrogen-bond acceptors (Lipinski definition) is 3. The molecule has 0 saturated heterocycles. The van der Waals surface area contributed by atoms with Gasteiger partial charge in [-0.25, -0.2) is 4.39 Å². The zero-order valence-corrected chi connectivity index (χ0v) is 11.3. The van der Waals surface area contributed by atoms with Crippen LogP contribution in [0.2, 0.25) is 0 Å². The molecule has 1 aliphatic carbocycles. The average molecular weight is 278 g/mol. The second-order valence-corrected chi connectivity index (χ2v) is 5.21. The molecule has 0 bridgehead atoms. The van der Waals surface area contributed by atoms with Gasteiger partial charge in [0.05, 0.1) is 18.7 Å². The van der Waals surface area contributed by atoms with Crippen molar-refractivity contribution >= 4 is 11.7 Å². The molecule has 20 heavy (non-hydrogen) atoms. The first kappa shape index (κ1) is 14.7. The van der Waals surface area contributed by atoms with E-state index in [1.165, 1.54) is 12.1 Å². The van der Waals surface area contributed by atoms with Crippen LogP contribution in [0.4, 0.5) is 4.39 Å². The number of hydrogen-bond donors (Lipinski definition) is 1. The standard InChI is InChI=1S/C15H19FN2O2/c16-13-8-4-3-7-12(13)14(19)9-18(10-15(17)20)11-5-1-2-6-11/h3-4,7-8,11H,1-2,5-6,9-10H2,(H2,17,20). The third-order valence-corrected chi connectivity index (χ3v) is 3.72. The Morgan fingerprint density at radius 3 is 2.45 bits per heavy atom. The van der Waals surface area contributed by atoms with Gasteiger partial charge in [0, 0.05) is 6.04 Å². The molecule has 5 heteroatoms. The molecule has 0 unspecified atom stereocenters. The quantitative estimate of drug-likeness (QED) is 0.806. The number of benzene rings is 1.